The van der Waals surface area contributed by atoms with Gasteiger partial charge in [-0.25, -0.2) is 4.79 Å². The Morgan fingerprint density at radius 3 is 2.58 bits per heavy atom. The molecule has 0 spiro atoms. The fraction of sp³-hybridized carbons (Fsp3) is 0.273. The normalized spacial score (nSPS) is 10.5. The molecular formula is C11H13N5O3. The Labute approximate surface area is 108 Å². The average molecular weight is 263 g/mol. The second-order valence-corrected chi connectivity index (χ2v) is 4.09. The Bertz CT molecular complexity index is 655. The number of nitrogens with zero attached hydrogens (tertiary/aromatic N) is 4. The highest BCUT2D eigenvalue weighted by atomic mass is 16.4. The van der Waals surface area contributed by atoms with Crippen LogP contribution in [0, 0.1) is 6.92 Å². The molecule has 0 radical (unpaired) electrons. The molecule has 2 aromatic heterocycles. The van der Waals surface area contributed by atoms with Gasteiger partial charge in [0.25, 0.3) is 5.91 Å². The average Bonchev–Trinajstić information content (AvgIpc) is 2.82. The molecule has 0 saturated heterocycles. The summed E-state index contributed by atoms with van der Waals surface area (Å²) < 4.78 is 2.79. The number of amides is 1. The first-order chi connectivity index (χ1) is 8.90. The number of aryl methyl sites for hydroxylation is 3. The lowest BCUT2D eigenvalue weighted by atomic mass is 10.2. The van der Waals surface area contributed by atoms with Gasteiger partial charge in [0.2, 0.25) is 0 Å². The summed E-state index contributed by atoms with van der Waals surface area (Å²) >= 11 is 0. The van der Waals surface area contributed by atoms with Crippen LogP contribution in [0.15, 0.2) is 12.4 Å². The molecule has 8 nitrogen and oxygen atoms in total. The van der Waals surface area contributed by atoms with Crippen LogP contribution in [-0.4, -0.2) is 36.5 Å². The maximum atomic E-state index is 12.1. The van der Waals surface area contributed by atoms with Gasteiger partial charge < -0.3 is 10.4 Å². The van der Waals surface area contributed by atoms with E-state index in [4.69, 9.17) is 5.11 Å². The smallest absolute Gasteiger partial charge is 0.339 e. The second-order valence-electron chi connectivity index (χ2n) is 4.09. The molecule has 1 amide bonds. The highest BCUT2D eigenvalue weighted by molar-refractivity contribution is 6.09. The summed E-state index contributed by atoms with van der Waals surface area (Å²) in [5.74, 6) is -1.73. The van der Waals surface area contributed by atoms with Crippen molar-refractivity contribution in [3.8, 4) is 0 Å². The van der Waals surface area contributed by atoms with Crippen molar-refractivity contribution in [3.05, 3.63) is 29.3 Å². The number of carboxylic acid groups (broad SMARTS) is 1. The Hall–Kier alpha value is -2.64. The third kappa shape index (κ3) is 2.32. The van der Waals surface area contributed by atoms with Crippen LogP contribution in [0.5, 0.6) is 0 Å². The van der Waals surface area contributed by atoms with Gasteiger partial charge in [0.05, 0.1) is 17.6 Å². The molecule has 0 aliphatic rings. The molecule has 2 rings (SSSR count). The van der Waals surface area contributed by atoms with Gasteiger partial charge in [-0.2, -0.15) is 10.2 Å². The number of hydrogen-bond acceptors (Lipinski definition) is 4. The first-order valence-corrected chi connectivity index (χ1v) is 5.47. The Morgan fingerprint density at radius 2 is 2.05 bits per heavy atom. The summed E-state index contributed by atoms with van der Waals surface area (Å²) in [6.45, 7) is 1.75. The topological polar surface area (TPSA) is 102 Å². The highest BCUT2D eigenvalue weighted by Gasteiger charge is 2.22. The van der Waals surface area contributed by atoms with Crippen LogP contribution >= 0.6 is 0 Å². The number of carboxylic acids is 1. The summed E-state index contributed by atoms with van der Waals surface area (Å²) in [6.07, 6.45) is 2.79. The van der Waals surface area contributed by atoms with Gasteiger partial charge in [-0.15, -0.1) is 0 Å². The zero-order valence-electron chi connectivity index (χ0n) is 10.7. The number of carbonyl (C=O) groups excluding carboxylic acids is 1. The van der Waals surface area contributed by atoms with Crippen molar-refractivity contribution in [1.29, 1.82) is 0 Å². The molecule has 100 valence electrons. The molecule has 19 heavy (non-hydrogen) atoms. The minimum atomic E-state index is -1.19. The van der Waals surface area contributed by atoms with E-state index in [2.05, 4.69) is 15.5 Å². The van der Waals surface area contributed by atoms with Gasteiger partial charge in [0.15, 0.2) is 0 Å². The van der Waals surface area contributed by atoms with E-state index in [1.807, 2.05) is 0 Å². The summed E-state index contributed by atoms with van der Waals surface area (Å²) in [5.41, 5.74) is 1.04. The molecule has 2 heterocycles. The molecule has 0 atom stereocenters. The largest absolute Gasteiger partial charge is 0.478 e. The number of aromatic nitrogens is 4. The van der Waals surface area contributed by atoms with E-state index in [0.717, 1.165) is 6.20 Å². The first-order valence-electron chi connectivity index (χ1n) is 5.47. The molecule has 2 aromatic rings. The fourth-order valence-electron chi connectivity index (χ4n) is 1.77. The molecule has 0 bridgehead atoms. The molecule has 0 fully saturated rings. The molecule has 0 unspecified atom stereocenters. The van der Waals surface area contributed by atoms with Crippen LogP contribution in [-0.2, 0) is 14.1 Å². The molecule has 8 heteroatoms. The maximum absolute atomic E-state index is 12.1. The van der Waals surface area contributed by atoms with E-state index in [9.17, 15) is 9.59 Å². The first kappa shape index (κ1) is 12.8. The zero-order valence-corrected chi connectivity index (χ0v) is 10.7. The van der Waals surface area contributed by atoms with Crippen molar-refractivity contribution in [2.75, 3.05) is 5.32 Å². The summed E-state index contributed by atoms with van der Waals surface area (Å²) in [4.78, 5) is 23.1. The fourth-order valence-corrected chi connectivity index (χ4v) is 1.77. The van der Waals surface area contributed by atoms with Crippen LogP contribution in [0.1, 0.15) is 26.5 Å². The van der Waals surface area contributed by atoms with Crippen LogP contribution < -0.4 is 5.32 Å². The van der Waals surface area contributed by atoms with Crippen LogP contribution in [0.2, 0.25) is 0 Å². The van der Waals surface area contributed by atoms with Crippen LogP contribution in [0.4, 0.5) is 5.69 Å². The lowest BCUT2D eigenvalue weighted by Crippen LogP contribution is -2.19. The molecule has 0 aromatic carbocycles. The lowest BCUT2D eigenvalue weighted by Gasteiger charge is -2.05. The van der Waals surface area contributed by atoms with Gasteiger partial charge in [-0.3, -0.25) is 14.2 Å². The van der Waals surface area contributed by atoms with E-state index >= 15 is 0 Å². The number of hydrogen-bond donors (Lipinski definition) is 2. The Morgan fingerprint density at radius 1 is 1.37 bits per heavy atom. The van der Waals surface area contributed by atoms with E-state index in [1.54, 1.807) is 24.9 Å². The minimum absolute atomic E-state index is 0.00393. The summed E-state index contributed by atoms with van der Waals surface area (Å²) in [5, 5.41) is 19.5. The predicted octanol–water partition coefficient (Wildman–Crippen LogP) is 0.413. The monoisotopic (exact) mass is 263 g/mol. The highest BCUT2D eigenvalue weighted by Crippen LogP contribution is 2.15. The van der Waals surface area contributed by atoms with Crippen molar-refractivity contribution in [1.82, 2.24) is 19.6 Å². The quantitative estimate of drug-likeness (QED) is 0.835. The van der Waals surface area contributed by atoms with Gasteiger partial charge in [0, 0.05) is 20.3 Å². The van der Waals surface area contributed by atoms with Crippen molar-refractivity contribution < 1.29 is 14.7 Å². The molecule has 0 saturated carbocycles. The minimum Gasteiger partial charge on any atom is -0.478 e. The third-order valence-corrected chi connectivity index (χ3v) is 2.65. The van der Waals surface area contributed by atoms with E-state index in [1.165, 1.54) is 11.7 Å². The van der Waals surface area contributed by atoms with E-state index in [0.29, 0.717) is 11.4 Å². The van der Waals surface area contributed by atoms with Crippen molar-refractivity contribution >= 4 is 17.6 Å². The van der Waals surface area contributed by atoms with Crippen molar-refractivity contribution in [2.24, 2.45) is 14.1 Å². The van der Waals surface area contributed by atoms with Gasteiger partial charge in [-0.05, 0) is 6.92 Å². The zero-order chi connectivity index (χ0) is 14.2. The number of nitrogens with one attached hydrogen (secondary N) is 1. The Kier molecular flexibility index (Phi) is 3.07. The van der Waals surface area contributed by atoms with Crippen LogP contribution in [0.25, 0.3) is 0 Å². The second kappa shape index (κ2) is 4.56. The molecule has 2 N–H and O–H groups in total. The van der Waals surface area contributed by atoms with Gasteiger partial charge >= 0.3 is 5.97 Å². The third-order valence-electron chi connectivity index (χ3n) is 2.65. The molecule has 0 aliphatic heterocycles. The molecular weight excluding hydrogens is 250 g/mol. The number of aromatic carboxylic acids is 1. The van der Waals surface area contributed by atoms with Gasteiger partial charge in [-0.1, -0.05) is 0 Å². The number of carbonyl (C=O) groups is 2. The van der Waals surface area contributed by atoms with E-state index in [-0.39, 0.29) is 11.3 Å². The standard InChI is InChI=1S/C11H13N5O3/c1-6-8(5-15(2)14-6)13-10(17)9-7(11(18)19)4-12-16(9)3/h4-5H,1-3H3,(H,13,17)(H,18,19). The Balaban J connectivity index is 2.33. The SMILES string of the molecule is Cc1nn(C)cc1NC(=O)c1c(C(=O)O)cnn1C. The van der Waals surface area contributed by atoms with Crippen LogP contribution in [0.3, 0.4) is 0 Å². The van der Waals surface area contributed by atoms with Gasteiger partial charge in [0.1, 0.15) is 11.3 Å². The summed E-state index contributed by atoms with van der Waals surface area (Å²) in [6, 6.07) is 0. The number of rotatable bonds is 3. The van der Waals surface area contributed by atoms with E-state index < -0.39 is 11.9 Å². The van der Waals surface area contributed by atoms with Crippen molar-refractivity contribution in [2.45, 2.75) is 6.92 Å². The predicted molar refractivity (Wildman–Crippen MR) is 66.1 cm³/mol. The molecule has 0 aliphatic carbocycles. The lowest BCUT2D eigenvalue weighted by molar-refractivity contribution is 0.0692. The maximum Gasteiger partial charge on any atom is 0.339 e. The summed E-state index contributed by atoms with van der Waals surface area (Å²) in [7, 11) is 3.24. The number of anilines is 1. The van der Waals surface area contributed by atoms with Crippen molar-refractivity contribution in [3.63, 3.8) is 0 Å².